The van der Waals surface area contributed by atoms with Crippen molar-refractivity contribution in [1.29, 1.82) is 0 Å². The van der Waals surface area contributed by atoms with Crippen LogP contribution in [0.3, 0.4) is 0 Å². The third-order valence-corrected chi connectivity index (χ3v) is 2.83. The molecule has 0 aromatic rings. The van der Waals surface area contributed by atoms with E-state index in [2.05, 4.69) is 5.32 Å². The third-order valence-electron chi connectivity index (χ3n) is 2.83. The molecule has 0 bridgehead atoms. The van der Waals surface area contributed by atoms with Gasteiger partial charge in [0.15, 0.2) is 0 Å². The number of rotatable bonds is 7. The molecule has 0 saturated carbocycles. The first-order chi connectivity index (χ1) is 6.74. The van der Waals surface area contributed by atoms with Gasteiger partial charge in [-0.1, -0.05) is 13.8 Å². The van der Waals surface area contributed by atoms with Crippen LogP contribution in [0.4, 0.5) is 0 Å². The highest BCUT2D eigenvalue weighted by molar-refractivity contribution is 5.74. The van der Waals surface area contributed by atoms with Crippen molar-refractivity contribution >= 4 is 5.91 Å². The minimum absolute atomic E-state index is 0.274. The summed E-state index contributed by atoms with van der Waals surface area (Å²) >= 11 is 0. The molecule has 0 aliphatic rings. The van der Waals surface area contributed by atoms with Crippen LogP contribution in [0.5, 0.6) is 0 Å². The van der Waals surface area contributed by atoms with E-state index < -0.39 is 5.60 Å². The van der Waals surface area contributed by atoms with E-state index in [9.17, 15) is 9.90 Å². The van der Waals surface area contributed by atoms with Crippen molar-refractivity contribution in [3.8, 4) is 0 Å². The first-order valence-corrected chi connectivity index (χ1v) is 5.50. The largest absolute Gasteiger partial charge is 0.389 e. The number of primary amides is 1. The molecule has 0 radical (unpaired) electrons. The Kier molecular flexibility index (Phi) is 5.24. The van der Waals surface area contributed by atoms with Crippen LogP contribution in [0.1, 0.15) is 47.0 Å². The molecule has 0 aromatic heterocycles. The third kappa shape index (κ3) is 5.74. The highest BCUT2D eigenvalue weighted by Crippen LogP contribution is 2.16. The van der Waals surface area contributed by atoms with E-state index in [-0.39, 0.29) is 17.9 Å². The summed E-state index contributed by atoms with van der Waals surface area (Å²) in [6.45, 7) is 8.20. The Hall–Kier alpha value is -0.610. The van der Waals surface area contributed by atoms with Crippen LogP contribution in [0.2, 0.25) is 0 Å². The number of amides is 1. The van der Waals surface area contributed by atoms with Crippen LogP contribution in [0, 0.1) is 0 Å². The molecule has 90 valence electrons. The van der Waals surface area contributed by atoms with Crippen LogP contribution in [-0.4, -0.2) is 28.7 Å². The molecule has 0 spiro atoms. The highest BCUT2D eigenvalue weighted by Gasteiger charge is 2.27. The van der Waals surface area contributed by atoms with Gasteiger partial charge in [-0.05, 0) is 26.7 Å². The molecule has 4 N–H and O–H groups in total. The van der Waals surface area contributed by atoms with E-state index in [4.69, 9.17) is 5.73 Å². The normalized spacial score (nSPS) is 12.9. The molecule has 1 amide bonds. The van der Waals surface area contributed by atoms with E-state index in [1.165, 1.54) is 0 Å². The van der Waals surface area contributed by atoms with Crippen LogP contribution >= 0.6 is 0 Å². The van der Waals surface area contributed by atoms with Crippen molar-refractivity contribution in [3.63, 3.8) is 0 Å². The number of nitrogens with two attached hydrogens (primary N) is 1. The number of carbonyl (C=O) groups excluding carboxylic acids is 1. The Labute approximate surface area is 92.2 Å². The lowest BCUT2D eigenvalue weighted by atomic mass is 9.94. The van der Waals surface area contributed by atoms with Crippen molar-refractivity contribution in [2.45, 2.75) is 58.1 Å². The van der Waals surface area contributed by atoms with Crippen molar-refractivity contribution < 1.29 is 9.90 Å². The first-order valence-electron chi connectivity index (χ1n) is 5.50. The molecule has 4 nitrogen and oxygen atoms in total. The zero-order valence-electron chi connectivity index (χ0n) is 10.3. The van der Waals surface area contributed by atoms with Gasteiger partial charge in [0, 0.05) is 18.5 Å². The van der Waals surface area contributed by atoms with Crippen LogP contribution < -0.4 is 11.1 Å². The summed E-state index contributed by atoms with van der Waals surface area (Å²) in [4.78, 5) is 10.8. The van der Waals surface area contributed by atoms with E-state index in [1.54, 1.807) is 0 Å². The number of hydrogen-bond acceptors (Lipinski definition) is 3. The summed E-state index contributed by atoms with van der Waals surface area (Å²) in [5.41, 5.74) is 4.10. The van der Waals surface area contributed by atoms with Gasteiger partial charge in [-0.25, -0.2) is 0 Å². The topological polar surface area (TPSA) is 75.3 Å². The molecule has 0 fully saturated rings. The van der Waals surface area contributed by atoms with Gasteiger partial charge in [0.2, 0.25) is 5.91 Å². The second-order valence-electron chi connectivity index (χ2n) is 4.81. The number of β-amino-alcohol motifs (C(OH)–C–C–N with tert-alkyl or cyclic N) is 1. The monoisotopic (exact) mass is 216 g/mol. The highest BCUT2D eigenvalue weighted by atomic mass is 16.3. The van der Waals surface area contributed by atoms with Crippen LogP contribution in [-0.2, 0) is 4.79 Å². The van der Waals surface area contributed by atoms with Gasteiger partial charge in [0.25, 0.3) is 0 Å². The molecule has 0 aliphatic carbocycles. The van der Waals surface area contributed by atoms with Gasteiger partial charge in [-0.2, -0.15) is 0 Å². The summed E-state index contributed by atoms with van der Waals surface area (Å²) in [7, 11) is 0. The van der Waals surface area contributed by atoms with Crippen molar-refractivity contribution in [3.05, 3.63) is 0 Å². The summed E-state index contributed by atoms with van der Waals surface area (Å²) in [6, 6.07) is 0. The molecule has 0 aliphatic heterocycles. The van der Waals surface area contributed by atoms with E-state index >= 15 is 0 Å². The summed E-state index contributed by atoms with van der Waals surface area (Å²) in [6.07, 6.45) is 1.67. The van der Waals surface area contributed by atoms with Gasteiger partial charge < -0.3 is 16.2 Å². The molecule has 15 heavy (non-hydrogen) atoms. The van der Waals surface area contributed by atoms with E-state index in [1.807, 2.05) is 27.7 Å². The van der Waals surface area contributed by atoms with E-state index in [0.717, 1.165) is 0 Å². The SMILES string of the molecule is CCC(O)(CC)CNC(C)(C)CC(N)=O. The number of aliphatic hydroxyl groups is 1. The van der Waals surface area contributed by atoms with Crippen molar-refractivity contribution in [2.24, 2.45) is 5.73 Å². The van der Waals surface area contributed by atoms with Gasteiger partial charge in [-0.3, -0.25) is 4.79 Å². The fraction of sp³-hybridized carbons (Fsp3) is 0.909. The standard InChI is InChI=1S/C11H24N2O2/c1-5-11(15,6-2)8-13-10(3,4)7-9(12)14/h13,15H,5-8H2,1-4H3,(H2,12,14). The smallest absolute Gasteiger partial charge is 0.219 e. The Morgan fingerprint density at radius 2 is 1.80 bits per heavy atom. The molecule has 0 aromatic carbocycles. The van der Waals surface area contributed by atoms with Crippen molar-refractivity contribution in [1.82, 2.24) is 5.32 Å². The Morgan fingerprint density at radius 3 is 2.13 bits per heavy atom. The quantitative estimate of drug-likeness (QED) is 0.588. The van der Waals surface area contributed by atoms with Crippen molar-refractivity contribution in [2.75, 3.05) is 6.54 Å². The lowest BCUT2D eigenvalue weighted by Gasteiger charge is -2.32. The molecular weight excluding hydrogens is 192 g/mol. The van der Waals surface area contributed by atoms with Gasteiger partial charge in [-0.15, -0.1) is 0 Å². The molecule has 4 heteroatoms. The fourth-order valence-electron chi connectivity index (χ4n) is 1.40. The van der Waals surface area contributed by atoms with Crippen LogP contribution in [0.15, 0.2) is 0 Å². The summed E-state index contributed by atoms with van der Waals surface area (Å²) in [5, 5.41) is 13.2. The maximum Gasteiger partial charge on any atom is 0.219 e. The molecule has 0 atom stereocenters. The Morgan fingerprint density at radius 1 is 1.33 bits per heavy atom. The average Bonchev–Trinajstić information content (AvgIpc) is 2.12. The minimum atomic E-state index is -0.686. The molecule has 0 unspecified atom stereocenters. The van der Waals surface area contributed by atoms with Gasteiger partial charge in [0.1, 0.15) is 0 Å². The number of nitrogens with one attached hydrogen (secondary N) is 1. The lowest BCUT2D eigenvalue weighted by Crippen LogP contribution is -2.50. The molecule has 0 rings (SSSR count). The summed E-state index contributed by atoms with van der Waals surface area (Å²) < 4.78 is 0. The lowest BCUT2D eigenvalue weighted by molar-refractivity contribution is -0.119. The maximum absolute atomic E-state index is 10.8. The molecule has 0 saturated heterocycles. The minimum Gasteiger partial charge on any atom is -0.389 e. The predicted molar refractivity (Wildman–Crippen MR) is 61.4 cm³/mol. The average molecular weight is 216 g/mol. The second-order valence-corrected chi connectivity index (χ2v) is 4.81. The molecular formula is C11H24N2O2. The second kappa shape index (κ2) is 5.47. The molecule has 0 heterocycles. The van der Waals surface area contributed by atoms with Gasteiger partial charge in [0.05, 0.1) is 5.60 Å². The van der Waals surface area contributed by atoms with Crippen LogP contribution in [0.25, 0.3) is 0 Å². The summed E-state index contributed by atoms with van der Waals surface area (Å²) in [5.74, 6) is -0.330. The Balaban J connectivity index is 4.18. The number of hydrogen-bond donors (Lipinski definition) is 3. The maximum atomic E-state index is 10.8. The first kappa shape index (κ1) is 14.4. The van der Waals surface area contributed by atoms with Gasteiger partial charge >= 0.3 is 0 Å². The zero-order valence-corrected chi connectivity index (χ0v) is 10.3. The Bertz CT molecular complexity index is 211. The predicted octanol–water partition coefficient (Wildman–Crippen LogP) is 0.781. The number of carbonyl (C=O) groups is 1. The fourth-order valence-corrected chi connectivity index (χ4v) is 1.40. The zero-order chi connectivity index (χ0) is 12.1. The van der Waals surface area contributed by atoms with E-state index in [0.29, 0.717) is 19.4 Å².